The lowest BCUT2D eigenvalue weighted by Crippen LogP contribution is -1.90. The number of hydrogen-bond acceptors (Lipinski definition) is 3. The second-order valence-corrected chi connectivity index (χ2v) is 5.08. The average Bonchev–Trinajstić information content (AvgIpc) is 2.49. The van der Waals surface area contributed by atoms with Crippen molar-refractivity contribution in [3.8, 4) is 11.5 Å². The summed E-state index contributed by atoms with van der Waals surface area (Å²) in [7, 11) is 0. The molecule has 0 saturated carbocycles. The molecule has 0 bridgehead atoms. The van der Waals surface area contributed by atoms with E-state index in [0.717, 1.165) is 35.2 Å². The first-order valence-electron chi connectivity index (χ1n) is 7.17. The van der Waals surface area contributed by atoms with Gasteiger partial charge in [0.25, 0.3) is 0 Å². The Morgan fingerprint density at radius 3 is 2.62 bits per heavy atom. The second-order valence-electron chi connectivity index (χ2n) is 5.08. The van der Waals surface area contributed by atoms with Crippen LogP contribution in [0.25, 0.3) is 10.9 Å². The van der Waals surface area contributed by atoms with Gasteiger partial charge in [0.2, 0.25) is 0 Å². The molecule has 0 aliphatic carbocycles. The lowest BCUT2D eigenvalue weighted by molar-refractivity contribution is 0.487. The van der Waals surface area contributed by atoms with Crippen molar-refractivity contribution >= 4 is 16.6 Å². The van der Waals surface area contributed by atoms with Crippen LogP contribution >= 0.6 is 0 Å². The van der Waals surface area contributed by atoms with Gasteiger partial charge in [0.1, 0.15) is 11.5 Å². The Morgan fingerprint density at radius 2 is 1.86 bits per heavy atom. The van der Waals surface area contributed by atoms with Crippen molar-refractivity contribution in [3.05, 3.63) is 60.3 Å². The number of nitrogen functional groups attached to an aromatic ring is 1. The van der Waals surface area contributed by atoms with Crippen LogP contribution in [0.4, 0.5) is 5.69 Å². The molecule has 106 valence electrons. The van der Waals surface area contributed by atoms with Crippen molar-refractivity contribution < 1.29 is 4.74 Å². The summed E-state index contributed by atoms with van der Waals surface area (Å²) in [4.78, 5) is 4.32. The van der Waals surface area contributed by atoms with Gasteiger partial charge >= 0.3 is 0 Å². The van der Waals surface area contributed by atoms with Gasteiger partial charge in [0, 0.05) is 17.3 Å². The molecule has 0 aliphatic rings. The maximum absolute atomic E-state index is 5.98. The first-order valence-corrected chi connectivity index (χ1v) is 7.17. The van der Waals surface area contributed by atoms with Crippen LogP contribution in [0.1, 0.15) is 18.9 Å². The predicted molar refractivity (Wildman–Crippen MR) is 86.7 cm³/mol. The molecule has 0 spiro atoms. The highest BCUT2D eigenvalue weighted by Gasteiger charge is 2.05. The molecule has 2 aromatic carbocycles. The smallest absolute Gasteiger partial charge is 0.138 e. The standard InChI is InChI=1S/C18H18N2O/c1-2-3-13-4-7-15(8-5-13)21-18-10-11-20-17-12-14(19)6-9-16(17)18/h4-12H,2-3,19H2,1H3. The molecule has 1 heterocycles. The molecule has 21 heavy (non-hydrogen) atoms. The first kappa shape index (κ1) is 13.4. The number of aryl methyl sites for hydroxylation is 1. The van der Waals surface area contributed by atoms with Gasteiger partial charge in [-0.15, -0.1) is 0 Å². The van der Waals surface area contributed by atoms with Crippen molar-refractivity contribution in [2.24, 2.45) is 0 Å². The fourth-order valence-electron chi connectivity index (χ4n) is 2.37. The highest BCUT2D eigenvalue weighted by atomic mass is 16.5. The minimum Gasteiger partial charge on any atom is -0.457 e. The SMILES string of the molecule is CCCc1ccc(Oc2ccnc3cc(N)ccc23)cc1. The summed E-state index contributed by atoms with van der Waals surface area (Å²) in [6.45, 7) is 2.18. The molecule has 0 amide bonds. The van der Waals surface area contributed by atoms with Gasteiger partial charge < -0.3 is 10.5 Å². The molecular formula is C18H18N2O. The van der Waals surface area contributed by atoms with Crippen molar-refractivity contribution in [1.82, 2.24) is 4.98 Å². The highest BCUT2D eigenvalue weighted by molar-refractivity contribution is 5.87. The third-order valence-corrected chi connectivity index (χ3v) is 3.42. The number of nitrogens with zero attached hydrogens (tertiary/aromatic N) is 1. The normalized spacial score (nSPS) is 10.7. The summed E-state index contributed by atoms with van der Waals surface area (Å²) in [5.74, 6) is 1.63. The molecule has 0 unspecified atom stereocenters. The van der Waals surface area contributed by atoms with Crippen molar-refractivity contribution in [3.63, 3.8) is 0 Å². The molecule has 3 nitrogen and oxygen atoms in total. The molecule has 2 N–H and O–H groups in total. The van der Waals surface area contributed by atoms with Gasteiger partial charge in [-0.05, 0) is 48.4 Å². The lowest BCUT2D eigenvalue weighted by atomic mass is 10.1. The fraction of sp³-hybridized carbons (Fsp3) is 0.167. The minimum atomic E-state index is 0.705. The van der Waals surface area contributed by atoms with Crippen LogP contribution in [0.5, 0.6) is 11.5 Å². The van der Waals surface area contributed by atoms with Crippen molar-refractivity contribution in [1.29, 1.82) is 0 Å². The Labute approximate surface area is 124 Å². The number of hydrogen-bond donors (Lipinski definition) is 1. The number of rotatable bonds is 4. The summed E-state index contributed by atoms with van der Waals surface area (Å²) in [6.07, 6.45) is 3.98. The Balaban J connectivity index is 1.90. The molecule has 3 aromatic rings. The maximum Gasteiger partial charge on any atom is 0.138 e. The molecule has 0 radical (unpaired) electrons. The monoisotopic (exact) mass is 278 g/mol. The Kier molecular flexibility index (Phi) is 3.73. The van der Waals surface area contributed by atoms with E-state index in [1.807, 2.05) is 36.4 Å². The largest absolute Gasteiger partial charge is 0.457 e. The molecule has 3 rings (SSSR count). The molecule has 0 fully saturated rings. The Bertz CT molecular complexity index is 751. The van der Waals surface area contributed by atoms with E-state index in [-0.39, 0.29) is 0 Å². The van der Waals surface area contributed by atoms with E-state index in [2.05, 4.69) is 24.0 Å². The number of pyridine rings is 1. The van der Waals surface area contributed by atoms with Crippen LogP contribution in [0, 0.1) is 0 Å². The number of nitrogens with two attached hydrogens (primary N) is 1. The summed E-state index contributed by atoms with van der Waals surface area (Å²) >= 11 is 0. The van der Waals surface area contributed by atoms with Crippen molar-refractivity contribution in [2.75, 3.05) is 5.73 Å². The molecule has 0 saturated heterocycles. The second kappa shape index (κ2) is 5.83. The topological polar surface area (TPSA) is 48.1 Å². The molecule has 0 aliphatic heterocycles. The van der Waals surface area contributed by atoms with E-state index < -0.39 is 0 Å². The lowest BCUT2D eigenvalue weighted by Gasteiger charge is -2.09. The molecule has 3 heteroatoms. The predicted octanol–water partition coefficient (Wildman–Crippen LogP) is 4.56. The molecule has 1 aromatic heterocycles. The van der Waals surface area contributed by atoms with E-state index in [4.69, 9.17) is 10.5 Å². The number of fused-ring (bicyclic) bond motifs is 1. The van der Waals surface area contributed by atoms with Crippen LogP contribution < -0.4 is 10.5 Å². The van der Waals surface area contributed by atoms with Gasteiger partial charge in [0.15, 0.2) is 0 Å². The average molecular weight is 278 g/mol. The number of anilines is 1. The number of benzene rings is 2. The van der Waals surface area contributed by atoms with Gasteiger partial charge in [-0.1, -0.05) is 25.5 Å². The van der Waals surface area contributed by atoms with Gasteiger partial charge in [-0.25, -0.2) is 0 Å². The first-order chi connectivity index (χ1) is 10.3. The van der Waals surface area contributed by atoms with E-state index in [1.54, 1.807) is 6.20 Å². The minimum absolute atomic E-state index is 0.705. The molecular weight excluding hydrogens is 260 g/mol. The zero-order valence-electron chi connectivity index (χ0n) is 12.0. The quantitative estimate of drug-likeness (QED) is 0.711. The Morgan fingerprint density at radius 1 is 1.05 bits per heavy atom. The van der Waals surface area contributed by atoms with Crippen LogP contribution in [0.15, 0.2) is 54.7 Å². The zero-order valence-corrected chi connectivity index (χ0v) is 12.0. The van der Waals surface area contributed by atoms with Crippen LogP contribution in [-0.2, 0) is 6.42 Å². The van der Waals surface area contributed by atoms with Crippen LogP contribution in [0.2, 0.25) is 0 Å². The molecule has 0 atom stereocenters. The van der Waals surface area contributed by atoms with E-state index in [0.29, 0.717) is 5.69 Å². The summed E-state index contributed by atoms with van der Waals surface area (Å²) < 4.78 is 5.98. The summed E-state index contributed by atoms with van der Waals surface area (Å²) in [5, 5.41) is 0.962. The Hall–Kier alpha value is -2.55. The summed E-state index contributed by atoms with van der Waals surface area (Å²) in [6, 6.07) is 15.8. The zero-order chi connectivity index (χ0) is 14.7. The van der Waals surface area contributed by atoms with Gasteiger partial charge in [-0.3, -0.25) is 4.98 Å². The number of ether oxygens (including phenoxy) is 1. The van der Waals surface area contributed by atoms with Crippen LogP contribution in [-0.4, -0.2) is 4.98 Å². The fourth-order valence-corrected chi connectivity index (χ4v) is 2.37. The third-order valence-electron chi connectivity index (χ3n) is 3.42. The van der Waals surface area contributed by atoms with Crippen molar-refractivity contribution in [2.45, 2.75) is 19.8 Å². The number of aromatic nitrogens is 1. The van der Waals surface area contributed by atoms with E-state index in [1.165, 1.54) is 5.56 Å². The van der Waals surface area contributed by atoms with Gasteiger partial charge in [-0.2, -0.15) is 0 Å². The van der Waals surface area contributed by atoms with Gasteiger partial charge in [0.05, 0.1) is 5.52 Å². The van der Waals surface area contributed by atoms with E-state index >= 15 is 0 Å². The van der Waals surface area contributed by atoms with Crippen LogP contribution in [0.3, 0.4) is 0 Å². The maximum atomic E-state index is 5.98. The summed E-state index contributed by atoms with van der Waals surface area (Å²) in [5.41, 5.74) is 8.67. The third kappa shape index (κ3) is 2.97. The highest BCUT2D eigenvalue weighted by Crippen LogP contribution is 2.29. The van der Waals surface area contributed by atoms with E-state index in [9.17, 15) is 0 Å².